The van der Waals surface area contributed by atoms with Crippen molar-refractivity contribution in [3.8, 4) is 0 Å². The van der Waals surface area contributed by atoms with Crippen LogP contribution in [0.5, 0.6) is 0 Å². The first-order chi connectivity index (χ1) is 9.25. The smallest absolute Gasteiger partial charge is 0.328 e. The molecule has 0 aromatic rings. The molecule has 110 valence electrons. The zero-order valence-corrected chi connectivity index (χ0v) is 10.3. The Morgan fingerprint density at radius 1 is 0.900 bits per heavy atom. The maximum atomic E-state index is 10.6. The van der Waals surface area contributed by atoms with E-state index < -0.39 is 35.7 Å². The molecule has 8 nitrogen and oxygen atoms in total. The third-order valence-electron chi connectivity index (χ3n) is 2.39. The molecule has 2 unspecified atom stereocenters. The number of aliphatic carboxylic acids is 4. The lowest BCUT2D eigenvalue weighted by atomic mass is 9.84. The summed E-state index contributed by atoms with van der Waals surface area (Å²) < 4.78 is 0. The summed E-state index contributed by atoms with van der Waals surface area (Å²) in [4.78, 5) is 40.2. The Balaban J connectivity index is 0.000000396. The van der Waals surface area contributed by atoms with Crippen molar-refractivity contribution in [2.24, 2.45) is 11.8 Å². The van der Waals surface area contributed by atoms with E-state index in [-0.39, 0.29) is 0 Å². The summed E-state index contributed by atoms with van der Waals surface area (Å²) in [5.41, 5.74) is 0. The second-order valence-electron chi connectivity index (χ2n) is 3.82. The number of hydrogen-bond acceptors (Lipinski definition) is 4. The molecule has 0 heterocycles. The van der Waals surface area contributed by atoms with E-state index in [2.05, 4.69) is 0 Å². The Hall–Kier alpha value is -2.64. The first-order valence-corrected chi connectivity index (χ1v) is 5.52. The molecule has 1 aliphatic rings. The minimum Gasteiger partial charge on any atom is -0.481 e. The number of allylic oxidation sites excluding steroid dienone is 1. The van der Waals surface area contributed by atoms with Gasteiger partial charge in [-0.2, -0.15) is 0 Å². The van der Waals surface area contributed by atoms with Crippen LogP contribution in [0.25, 0.3) is 0 Å². The fourth-order valence-electron chi connectivity index (χ4n) is 1.51. The van der Waals surface area contributed by atoms with E-state index in [0.29, 0.717) is 25.0 Å². The molecular formula is C12H14O8. The second-order valence-corrected chi connectivity index (χ2v) is 3.82. The van der Waals surface area contributed by atoms with Crippen LogP contribution in [0.3, 0.4) is 0 Å². The second kappa shape index (κ2) is 8.46. The Morgan fingerprint density at radius 3 is 1.70 bits per heavy atom. The average Bonchev–Trinajstić information content (AvgIpc) is 2.37. The van der Waals surface area contributed by atoms with Crippen molar-refractivity contribution < 1.29 is 39.6 Å². The predicted molar refractivity (Wildman–Crippen MR) is 65.0 cm³/mol. The topological polar surface area (TPSA) is 149 Å². The SMILES string of the molecule is O=C(O)C1C=CCCC1C(=O)O.O=C(O)C=CC(=O)O. The molecule has 0 aromatic carbocycles. The van der Waals surface area contributed by atoms with Gasteiger partial charge in [0.25, 0.3) is 0 Å². The molecule has 0 radical (unpaired) electrons. The van der Waals surface area contributed by atoms with Gasteiger partial charge >= 0.3 is 23.9 Å². The van der Waals surface area contributed by atoms with E-state index >= 15 is 0 Å². The van der Waals surface area contributed by atoms with Crippen molar-refractivity contribution in [3.05, 3.63) is 24.3 Å². The van der Waals surface area contributed by atoms with E-state index in [9.17, 15) is 19.2 Å². The summed E-state index contributed by atoms with van der Waals surface area (Å²) in [7, 11) is 0. The van der Waals surface area contributed by atoms with Crippen LogP contribution in [0.4, 0.5) is 0 Å². The lowest BCUT2D eigenvalue weighted by Crippen LogP contribution is -2.30. The summed E-state index contributed by atoms with van der Waals surface area (Å²) in [6.45, 7) is 0. The van der Waals surface area contributed by atoms with Crippen molar-refractivity contribution in [3.63, 3.8) is 0 Å². The van der Waals surface area contributed by atoms with Gasteiger partial charge in [-0.1, -0.05) is 12.2 Å². The number of rotatable bonds is 4. The summed E-state index contributed by atoms with van der Waals surface area (Å²) in [5, 5.41) is 32.9. The van der Waals surface area contributed by atoms with Gasteiger partial charge in [-0.25, -0.2) is 9.59 Å². The molecule has 0 aliphatic heterocycles. The molecule has 0 spiro atoms. The molecule has 0 saturated carbocycles. The first-order valence-electron chi connectivity index (χ1n) is 5.52. The standard InChI is InChI=1S/C8H10O4.C4H4O4/c9-7(10)5-3-1-2-4-6(5)8(11)12;5-3(6)1-2-4(7)8/h1,3,5-6H,2,4H2,(H,9,10)(H,11,12);1-2H,(H,5,6)(H,7,8). The quantitative estimate of drug-likeness (QED) is 0.429. The highest BCUT2D eigenvalue weighted by Crippen LogP contribution is 2.24. The highest BCUT2D eigenvalue weighted by molar-refractivity contribution is 5.89. The van der Waals surface area contributed by atoms with Crippen molar-refractivity contribution in [2.45, 2.75) is 12.8 Å². The van der Waals surface area contributed by atoms with Gasteiger partial charge in [0.05, 0.1) is 11.8 Å². The van der Waals surface area contributed by atoms with E-state index in [1.165, 1.54) is 6.08 Å². The Bertz CT molecular complexity index is 432. The molecular weight excluding hydrogens is 272 g/mol. The summed E-state index contributed by atoms with van der Waals surface area (Å²) >= 11 is 0. The van der Waals surface area contributed by atoms with Crippen LogP contribution in [0.2, 0.25) is 0 Å². The van der Waals surface area contributed by atoms with Crippen LogP contribution in [-0.4, -0.2) is 44.3 Å². The van der Waals surface area contributed by atoms with Gasteiger partial charge in [0.15, 0.2) is 0 Å². The number of carboxylic acid groups (broad SMARTS) is 4. The number of hydrogen-bond donors (Lipinski definition) is 4. The van der Waals surface area contributed by atoms with Crippen molar-refractivity contribution in [1.82, 2.24) is 0 Å². The monoisotopic (exact) mass is 286 g/mol. The maximum absolute atomic E-state index is 10.6. The summed E-state index contributed by atoms with van der Waals surface area (Å²) in [5.74, 6) is -6.20. The predicted octanol–water partition coefficient (Wildman–Crippen LogP) is 0.450. The number of carboxylic acids is 4. The lowest BCUT2D eigenvalue weighted by Gasteiger charge is -2.19. The van der Waals surface area contributed by atoms with Crippen molar-refractivity contribution in [1.29, 1.82) is 0 Å². The van der Waals surface area contributed by atoms with E-state index in [4.69, 9.17) is 20.4 Å². The normalized spacial score (nSPS) is 20.8. The minimum absolute atomic E-state index is 0.419. The van der Waals surface area contributed by atoms with Crippen molar-refractivity contribution in [2.75, 3.05) is 0 Å². The van der Waals surface area contributed by atoms with Crippen LogP contribution in [-0.2, 0) is 19.2 Å². The van der Waals surface area contributed by atoms with E-state index in [0.717, 1.165) is 0 Å². The highest BCUT2D eigenvalue weighted by atomic mass is 16.4. The van der Waals surface area contributed by atoms with Gasteiger partial charge < -0.3 is 20.4 Å². The van der Waals surface area contributed by atoms with Crippen LogP contribution in [0, 0.1) is 11.8 Å². The number of carbonyl (C=O) groups is 4. The molecule has 1 aliphatic carbocycles. The Labute approximate surface area is 113 Å². The molecule has 1 rings (SSSR count). The molecule has 2 atom stereocenters. The largest absolute Gasteiger partial charge is 0.481 e. The molecule has 20 heavy (non-hydrogen) atoms. The summed E-state index contributed by atoms with van der Waals surface area (Å²) in [6.07, 6.45) is 5.37. The minimum atomic E-state index is -1.26. The molecule has 8 heteroatoms. The molecule has 0 bridgehead atoms. The molecule has 0 saturated heterocycles. The van der Waals surface area contributed by atoms with Gasteiger partial charge in [0.1, 0.15) is 0 Å². The fourth-order valence-corrected chi connectivity index (χ4v) is 1.51. The molecule has 0 aromatic heterocycles. The third-order valence-corrected chi connectivity index (χ3v) is 2.39. The van der Waals surface area contributed by atoms with Gasteiger partial charge in [-0.05, 0) is 12.8 Å². The Kier molecular flexibility index (Phi) is 7.34. The lowest BCUT2D eigenvalue weighted by molar-refractivity contribution is -0.152. The van der Waals surface area contributed by atoms with E-state index in [1.54, 1.807) is 6.08 Å². The molecule has 0 amide bonds. The average molecular weight is 286 g/mol. The van der Waals surface area contributed by atoms with Gasteiger partial charge in [-0.15, -0.1) is 0 Å². The maximum Gasteiger partial charge on any atom is 0.328 e. The van der Waals surface area contributed by atoms with Gasteiger partial charge in [0.2, 0.25) is 0 Å². The zero-order chi connectivity index (χ0) is 15.7. The van der Waals surface area contributed by atoms with Crippen LogP contribution in [0.1, 0.15) is 12.8 Å². The van der Waals surface area contributed by atoms with E-state index in [1.807, 2.05) is 0 Å². The molecule has 0 fully saturated rings. The summed E-state index contributed by atoms with van der Waals surface area (Å²) in [6, 6.07) is 0. The first kappa shape index (κ1) is 17.4. The molecule has 4 N–H and O–H groups in total. The highest BCUT2D eigenvalue weighted by Gasteiger charge is 2.32. The Morgan fingerprint density at radius 2 is 1.40 bits per heavy atom. The van der Waals surface area contributed by atoms with Crippen LogP contribution < -0.4 is 0 Å². The third kappa shape index (κ3) is 6.94. The fraction of sp³-hybridized carbons (Fsp3) is 0.333. The van der Waals surface area contributed by atoms with Crippen LogP contribution in [0.15, 0.2) is 24.3 Å². The van der Waals surface area contributed by atoms with Crippen molar-refractivity contribution >= 4 is 23.9 Å². The zero-order valence-electron chi connectivity index (χ0n) is 10.3. The van der Waals surface area contributed by atoms with Crippen LogP contribution >= 0.6 is 0 Å². The van der Waals surface area contributed by atoms with Gasteiger partial charge in [0, 0.05) is 12.2 Å². The van der Waals surface area contributed by atoms with Gasteiger partial charge in [-0.3, -0.25) is 9.59 Å².